The summed E-state index contributed by atoms with van der Waals surface area (Å²) in [6, 6.07) is 11.4. The molecular weight excluding hydrogens is 545 g/mol. The van der Waals surface area contributed by atoms with Crippen LogP contribution in [0, 0.1) is 11.6 Å². The summed E-state index contributed by atoms with van der Waals surface area (Å²) >= 11 is 10.4. The topological polar surface area (TPSA) is 95.6 Å². The second kappa shape index (κ2) is 10.6. The van der Waals surface area contributed by atoms with Crippen molar-refractivity contribution in [2.24, 2.45) is 0 Å². The van der Waals surface area contributed by atoms with Crippen molar-refractivity contribution in [3.63, 3.8) is 0 Å². The van der Waals surface area contributed by atoms with E-state index in [2.05, 4.69) is 4.98 Å². The van der Waals surface area contributed by atoms with Gasteiger partial charge in [-0.2, -0.15) is 0 Å². The molecule has 11 heteroatoms. The maximum atomic E-state index is 14.5. The van der Waals surface area contributed by atoms with Crippen molar-refractivity contribution in [2.75, 3.05) is 0 Å². The highest BCUT2D eigenvalue weighted by molar-refractivity contribution is 7.79. The Morgan fingerprint density at radius 2 is 1.76 bits per heavy atom. The minimum absolute atomic E-state index is 0.215. The van der Waals surface area contributed by atoms with Gasteiger partial charge in [0.05, 0.1) is 27.9 Å². The zero-order valence-electron chi connectivity index (χ0n) is 19.7. The first-order chi connectivity index (χ1) is 17.4. The predicted octanol–water partition coefficient (Wildman–Crippen LogP) is 6.02. The van der Waals surface area contributed by atoms with Crippen molar-refractivity contribution in [1.82, 2.24) is 9.55 Å². The molecule has 0 saturated carbocycles. The first-order valence-corrected chi connectivity index (χ1v) is 12.8. The van der Waals surface area contributed by atoms with Gasteiger partial charge >= 0.3 is 0 Å². The molecule has 4 aromatic rings. The first kappa shape index (κ1) is 27.4. The number of imidazole rings is 1. The fourth-order valence-electron chi connectivity index (χ4n) is 3.85. The van der Waals surface area contributed by atoms with E-state index in [1.807, 2.05) is 0 Å². The number of hydrogen-bond acceptors (Lipinski definition) is 4. The summed E-state index contributed by atoms with van der Waals surface area (Å²) in [6.07, 6.45) is 1.85. The Kier molecular flexibility index (Phi) is 7.85. The number of aliphatic hydroxyl groups is 2. The Bertz CT molecular complexity index is 1520. The van der Waals surface area contributed by atoms with Gasteiger partial charge in [-0.05, 0) is 66.9 Å². The molecule has 0 amide bonds. The summed E-state index contributed by atoms with van der Waals surface area (Å²) in [7, 11) is 0. The van der Waals surface area contributed by atoms with Crippen molar-refractivity contribution in [3.05, 3.63) is 99.1 Å². The highest BCUT2D eigenvalue weighted by Crippen LogP contribution is 2.33. The third kappa shape index (κ3) is 5.77. The summed E-state index contributed by atoms with van der Waals surface area (Å²) in [5.41, 5.74) is 0.735. The lowest BCUT2D eigenvalue weighted by Gasteiger charge is -2.14. The van der Waals surface area contributed by atoms with Crippen LogP contribution < -0.4 is 0 Å². The number of aromatic nitrogens is 2. The smallest absolute Gasteiger partial charge is 0.187 e. The monoisotopic (exact) mass is 566 g/mol. The maximum Gasteiger partial charge on any atom is 0.187 e. The van der Waals surface area contributed by atoms with Gasteiger partial charge in [0.15, 0.2) is 11.1 Å². The highest BCUT2D eigenvalue weighted by Gasteiger charge is 2.24. The van der Waals surface area contributed by atoms with E-state index in [-0.39, 0.29) is 26.9 Å². The molecule has 0 bridgehead atoms. The van der Waals surface area contributed by atoms with Crippen molar-refractivity contribution >= 4 is 34.3 Å². The number of aliphatic hydroxyl groups excluding tert-OH is 1. The molecule has 1 atom stereocenters. The van der Waals surface area contributed by atoms with Crippen molar-refractivity contribution in [1.29, 1.82) is 0 Å². The SMILES string of the molecule is CC(C)(O)c1cn(-c2ccc(-c3cc(F)c(CO)c(S(=O)O)c3)cc2Cl)c(Cc2ccc(F)cc2Cl)n1. The van der Waals surface area contributed by atoms with Crippen LogP contribution in [0.25, 0.3) is 16.8 Å². The van der Waals surface area contributed by atoms with E-state index in [0.717, 1.165) is 6.07 Å². The van der Waals surface area contributed by atoms with E-state index in [9.17, 15) is 27.8 Å². The van der Waals surface area contributed by atoms with Crippen LogP contribution >= 0.6 is 23.2 Å². The largest absolute Gasteiger partial charge is 0.392 e. The third-order valence-corrected chi connectivity index (χ3v) is 7.21. The third-order valence-electron chi connectivity index (χ3n) is 5.81. The molecule has 0 aliphatic carbocycles. The van der Waals surface area contributed by atoms with E-state index in [1.54, 1.807) is 48.9 Å². The number of hydrogen-bond donors (Lipinski definition) is 3. The molecule has 0 aliphatic rings. The van der Waals surface area contributed by atoms with Gasteiger partial charge in [-0.25, -0.2) is 18.0 Å². The van der Waals surface area contributed by atoms with Crippen molar-refractivity contribution in [2.45, 2.75) is 37.4 Å². The summed E-state index contributed by atoms with van der Waals surface area (Å²) in [6.45, 7) is 2.46. The lowest BCUT2D eigenvalue weighted by Crippen LogP contribution is -2.15. The Morgan fingerprint density at radius 3 is 2.35 bits per heavy atom. The molecule has 1 unspecified atom stereocenters. The van der Waals surface area contributed by atoms with E-state index < -0.39 is 34.9 Å². The molecule has 37 heavy (non-hydrogen) atoms. The van der Waals surface area contributed by atoms with Crippen molar-refractivity contribution < 1.29 is 27.8 Å². The van der Waals surface area contributed by atoms with Gasteiger partial charge in [0.2, 0.25) is 0 Å². The van der Waals surface area contributed by atoms with Gasteiger partial charge < -0.3 is 19.3 Å². The van der Waals surface area contributed by atoms with Crippen LogP contribution in [0.4, 0.5) is 8.78 Å². The lowest BCUT2D eigenvalue weighted by atomic mass is 10.0. The quantitative estimate of drug-likeness (QED) is 0.238. The Hall–Kier alpha value is -2.66. The fourth-order valence-corrected chi connectivity index (χ4v) is 4.96. The number of rotatable bonds is 7. The Labute approximate surface area is 224 Å². The molecule has 0 fully saturated rings. The van der Waals surface area contributed by atoms with Crippen LogP contribution in [0.1, 0.15) is 36.5 Å². The van der Waals surface area contributed by atoms with Gasteiger partial charge in [0.25, 0.3) is 0 Å². The summed E-state index contributed by atoms with van der Waals surface area (Å²) < 4.78 is 51.0. The van der Waals surface area contributed by atoms with Gasteiger partial charge in [-0.3, -0.25) is 0 Å². The predicted molar refractivity (Wildman–Crippen MR) is 138 cm³/mol. The van der Waals surface area contributed by atoms with Gasteiger partial charge in [-0.1, -0.05) is 35.3 Å². The molecule has 0 radical (unpaired) electrons. The van der Waals surface area contributed by atoms with Crippen LogP contribution in [0.2, 0.25) is 10.0 Å². The molecule has 3 N–H and O–H groups in total. The van der Waals surface area contributed by atoms with E-state index in [0.29, 0.717) is 33.9 Å². The van der Waals surface area contributed by atoms with Crippen LogP contribution in [0.5, 0.6) is 0 Å². The van der Waals surface area contributed by atoms with E-state index >= 15 is 0 Å². The number of halogens is 4. The van der Waals surface area contributed by atoms with Crippen LogP contribution in [0.15, 0.2) is 59.6 Å². The highest BCUT2D eigenvalue weighted by atomic mass is 35.5. The standard InChI is InChI=1S/C26H22Cl2F2N2O4S/c1-26(2,34)24-12-32(25(31-24)10-15-3-5-17(29)11-19(15)27)22-6-4-14(7-20(22)28)16-8-21(30)18(13-33)23(9-16)37(35)36/h3-9,11-12,33-34H,10,13H2,1-2H3,(H,35,36). The second-order valence-corrected chi connectivity index (χ2v) is 10.6. The Balaban J connectivity index is 1.80. The second-order valence-electron chi connectivity index (χ2n) is 8.89. The van der Waals surface area contributed by atoms with Gasteiger partial charge in [0.1, 0.15) is 23.1 Å². The minimum Gasteiger partial charge on any atom is -0.392 e. The molecule has 1 heterocycles. The van der Waals surface area contributed by atoms with Gasteiger partial charge in [0, 0.05) is 23.2 Å². The summed E-state index contributed by atoms with van der Waals surface area (Å²) in [4.78, 5) is 4.33. The first-order valence-electron chi connectivity index (χ1n) is 11.0. The van der Waals surface area contributed by atoms with Crippen molar-refractivity contribution in [3.8, 4) is 16.8 Å². The molecule has 194 valence electrons. The molecule has 6 nitrogen and oxygen atoms in total. The normalized spacial score (nSPS) is 12.7. The van der Waals surface area contributed by atoms with E-state index in [1.165, 1.54) is 18.2 Å². The van der Waals surface area contributed by atoms with E-state index in [4.69, 9.17) is 23.2 Å². The van der Waals surface area contributed by atoms with Crippen LogP contribution in [-0.2, 0) is 29.7 Å². The molecule has 0 spiro atoms. The van der Waals surface area contributed by atoms with Crippen LogP contribution in [-0.4, -0.2) is 28.5 Å². The molecule has 0 saturated heterocycles. The molecule has 4 rings (SSSR count). The average Bonchev–Trinajstić information content (AvgIpc) is 3.24. The molecule has 3 aromatic carbocycles. The number of benzene rings is 3. The molecule has 0 aliphatic heterocycles. The maximum absolute atomic E-state index is 14.5. The summed E-state index contributed by atoms with van der Waals surface area (Å²) in [5, 5.41) is 20.4. The molecular formula is C26H22Cl2F2N2O4S. The fraction of sp³-hybridized carbons (Fsp3) is 0.192. The zero-order valence-corrected chi connectivity index (χ0v) is 22.0. The van der Waals surface area contributed by atoms with Gasteiger partial charge in [-0.15, -0.1) is 0 Å². The zero-order chi connectivity index (χ0) is 27.1. The minimum atomic E-state index is -2.51. The lowest BCUT2D eigenvalue weighted by molar-refractivity contribution is 0.0741. The van der Waals surface area contributed by atoms with Crippen LogP contribution in [0.3, 0.4) is 0 Å². The average molecular weight is 567 g/mol. The Morgan fingerprint density at radius 1 is 1.03 bits per heavy atom. The summed E-state index contributed by atoms with van der Waals surface area (Å²) in [5.74, 6) is -0.804. The number of nitrogens with zero attached hydrogens (tertiary/aromatic N) is 2. The molecule has 1 aromatic heterocycles.